The number of benzene rings is 7. The maximum absolute atomic E-state index is 2.45. The lowest BCUT2D eigenvalue weighted by Crippen LogP contribution is -1.95. The molecule has 172 valence electrons. The highest BCUT2D eigenvalue weighted by Crippen LogP contribution is 2.44. The maximum atomic E-state index is 2.45. The lowest BCUT2D eigenvalue weighted by atomic mass is 9.93. The lowest BCUT2D eigenvalue weighted by molar-refractivity contribution is 1.19. The Bertz CT molecular complexity index is 2110. The van der Waals surface area contributed by atoms with Crippen molar-refractivity contribution in [1.29, 1.82) is 0 Å². The van der Waals surface area contributed by atoms with Gasteiger partial charge in [-0.05, 0) is 56.3 Å². The van der Waals surface area contributed by atoms with E-state index in [0.29, 0.717) is 0 Å². The van der Waals surface area contributed by atoms with E-state index in [1.807, 2.05) is 0 Å². The van der Waals surface area contributed by atoms with Crippen LogP contribution in [-0.4, -0.2) is 4.57 Å². The quantitative estimate of drug-likeness (QED) is 0.222. The Morgan fingerprint density at radius 3 is 1.78 bits per heavy atom. The largest absolute Gasteiger partial charge is 0.309 e. The Kier molecular flexibility index (Phi) is 4.29. The van der Waals surface area contributed by atoms with Crippen molar-refractivity contribution in [3.05, 3.63) is 140 Å². The van der Waals surface area contributed by atoms with Gasteiger partial charge in [0.25, 0.3) is 0 Å². The molecule has 0 unspecified atom stereocenters. The fraction of sp³-hybridized carbons (Fsp3) is 0. The lowest BCUT2D eigenvalue weighted by Gasteiger charge is -2.14. The molecule has 7 aromatic carbocycles. The molecule has 1 nitrogen and oxygen atoms in total. The van der Waals surface area contributed by atoms with E-state index in [4.69, 9.17) is 0 Å². The van der Waals surface area contributed by atoms with E-state index in [2.05, 4.69) is 144 Å². The van der Waals surface area contributed by atoms with Gasteiger partial charge in [0.2, 0.25) is 0 Å². The summed E-state index contributed by atoms with van der Waals surface area (Å²) in [5.41, 5.74) is 6.14. The smallest absolute Gasteiger partial charge is 0.0625 e. The van der Waals surface area contributed by atoms with Crippen LogP contribution in [0.3, 0.4) is 0 Å². The monoisotopic (exact) mass is 469 g/mol. The minimum atomic E-state index is 1.18. The van der Waals surface area contributed by atoms with Crippen LogP contribution >= 0.6 is 0 Å². The Hall–Kier alpha value is -4.88. The second-order valence-electron chi connectivity index (χ2n) is 9.74. The highest BCUT2D eigenvalue weighted by molar-refractivity contribution is 6.36. The van der Waals surface area contributed by atoms with Crippen LogP contribution in [0.4, 0.5) is 0 Å². The van der Waals surface area contributed by atoms with Crippen LogP contribution in [-0.2, 0) is 0 Å². The van der Waals surface area contributed by atoms with Crippen molar-refractivity contribution in [3.8, 4) is 16.8 Å². The second-order valence-corrected chi connectivity index (χ2v) is 9.74. The van der Waals surface area contributed by atoms with Crippen molar-refractivity contribution in [3.63, 3.8) is 0 Å². The SMILES string of the molecule is c1ccc(-c2ccc(-n3c4ccccc4c4c5ccc6ccccc6c5c5ccccc5c43)cc2)cc1. The minimum Gasteiger partial charge on any atom is -0.309 e. The van der Waals surface area contributed by atoms with Crippen molar-refractivity contribution >= 4 is 54.1 Å². The van der Waals surface area contributed by atoms with Crippen LogP contribution in [0.5, 0.6) is 0 Å². The van der Waals surface area contributed by atoms with Gasteiger partial charge in [-0.2, -0.15) is 0 Å². The molecule has 37 heavy (non-hydrogen) atoms. The number of para-hydroxylation sites is 1. The Morgan fingerprint density at radius 1 is 0.351 bits per heavy atom. The molecule has 0 aliphatic heterocycles. The Morgan fingerprint density at radius 2 is 0.973 bits per heavy atom. The van der Waals surface area contributed by atoms with E-state index in [9.17, 15) is 0 Å². The molecule has 0 aliphatic rings. The zero-order valence-corrected chi connectivity index (χ0v) is 20.2. The highest BCUT2D eigenvalue weighted by Gasteiger charge is 2.19. The molecule has 1 aromatic heterocycles. The van der Waals surface area contributed by atoms with Gasteiger partial charge in [-0.15, -0.1) is 0 Å². The van der Waals surface area contributed by atoms with Gasteiger partial charge in [0.15, 0.2) is 0 Å². The third-order valence-corrected chi connectivity index (χ3v) is 7.76. The van der Waals surface area contributed by atoms with Crippen molar-refractivity contribution < 1.29 is 0 Å². The molecule has 0 aliphatic carbocycles. The van der Waals surface area contributed by atoms with Crippen molar-refractivity contribution in [2.75, 3.05) is 0 Å². The van der Waals surface area contributed by atoms with Gasteiger partial charge in [0, 0.05) is 21.8 Å². The average molecular weight is 470 g/mol. The molecular formula is C36H23N. The van der Waals surface area contributed by atoms with Gasteiger partial charge < -0.3 is 4.57 Å². The summed E-state index contributed by atoms with van der Waals surface area (Å²) in [6.07, 6.45) is 0. The summed E-state index contributed by atoms with van der Waals surface area (Å²) in [6.45, 7) is 0. The molecular weight excluding hydrogens is 446 g/mol. The van der Waals surface area contributed by atoms with E-state index in [-0.39, 0.29) is 0 Å². The molecule has 0 fully saturated rings. The Labute approximate surface area is 214 Å². The Balaban J connectivity index is 1.55. The van der Waals surface area contributed by atoms with E-state index < -0.39 is 0 Å². The molecule has 8 aromatic rings. The van der Waals surface area contributed by atoms with Gasteiger partial charge >= 0.3 is 0 Å². The third-order valence-electron chi connectivity index (χ3n) is 7.76. The first-order valence-electron chi connectivity index (χ1n) is 12.8. The molecule has 0 bridgehead atoms. The summed E-state index contributed by atoms with van der Waals surface area (Å²) in [4.78, 5) is 0. The number of rotatable bonds is 2. The van der Waals surface area contributed by atoms with Crippen molar-refractivity contribution in [2.24, 2.45) is 0 Å². The zero-order chi connectivity index (χ0) is 24.3. The van der Waals surface area contributed by atoms with Crippen LogP contribution in [0.25, 0.3) is 70.9 Å². The van der Waals surface area contributed by atoms with Gasteiger partial charge in [-0.1, -0.05) is 121 Å². The first kappa shape index (κ1) is 20.3. The first-order chi connectivity index (χ1) is 18.4. The summed E-state index contributed by atoms with van der Waals surface area (Å²) in [6, 6.07) is 50.6. The zero-order valence-electron chi connectivity index (χ0n) is 20.2. The molecule has 0 amide bonds. The normalized spacial score (nSPS) is 11.8. The molecule has 0 saturated carbocycles. The maximum Gasteiger partial charge on any atom is 0.0625 e. The van der Waals surface area contributed by atoms with Crippen LogP contribution in [0, 0.1) is 0 Å². The van der Waals surface area contributed by atoms with E-state index in [1.54, 1.807) is 0 Å². The van der Waals surface area contributed by atoms with Gasteiger partial charge in [-0.3, -0.25) is 0 Å². The molecule has 0 spiro atoms. The fourth-order valence-corrected chi connectivity index (χ4v) is 6.15. The summed E-state index contributed by atoms with van der Waals surface area (Å²) in [5, 5.41) is 10.4. The number of nitrogens with zero attached hydrogens (tertiary/aromatic N) is 1. The van der Waals surface area contributed by atoms with Gasteiger partial charge in [0.1, 0.15) is 0 Å². The predicted molar refractivity (Wildman–Crippen MR) is 159 cm³/mol. The molecule has 8 rings (SSSR count). The van der Waals surface area contributed by atoms with Crippen LogP contribution < -0.4 is 0 Å². The second kappa shape index (κ2) is 7.81. The minimum absolute atomic E-state index is 1.18. The van der Waals surface area contributed by atoms with Gasteiger partial charge in [0.05, 0.1) is 11.0 Å². The van der Waals surface area contributed by atoms with Crippen molar-refractivity contribution in [1.82, 2.24) is 4.57 Å². The third kappa shape index (κ3) is 2.92. The summed E-state index contributed by atoms with van der Waals surface area (Å²) < 4.78 is 2.45. The molecule has 1 heteroatoms. The standard InChI is InChI=1S/C36H23N/c1-2-10-24(11-3-1)25-18-21-27(22-19-25)37-33-17-9-8-16-31(33)35-32-23-20-26-12-4-5-13-28(26)34(32)29-14-6-7-15-30(29)36(35)37/h1-23H. The van der Waals surface area contributed by atoms with Crippen molar-refractivity contribution in [2.45, 2.75) is 0 Å². The van der Waals surface area contributed by atoms with E-state index >= 15 is 0 Å². The number of aromatic nitrogens is 1. The predicted octanol–water partition coefficient (Wildman–Crippen LogP) is 9.91. The number of hydrogen-bond donors (Lipinski definition) is 0. The molecule has 0 atom stereocenters. The van der Waals surface area contributed by atoms with Gasteiger partial charge in [-0.25, -0.2) is 0 Å². The first-order valence-corrected chi connectivity index (χ1v) is 12.8. The molecule has 1 heterocycles. The van der Waals surface area contributed by atoms with Crippen LogP contribution in [0.2, 0.25) is 0 Å². The molecule has 0 saturated heterocycles. The topological polar surface area (TPSA) is 4.93 Å². The van der Waals surface area contributed by atoms with Crippen LogP contribution in [0.1, 0.15) is 0 Å². The van der Waals surface area contributed by atoms with E-state index in [1.165, 1.54) is 70.9 Å². The number of hydrogen-bond acceptors (Lipinski definition) is 0. The molecule has 0 radical (unpaired) electrons. The average Bonchev–Trinajstić information content (AvgIpc) is 3.33. The number of fused-ring (bicyclic) bond motifs is 10. The molecule has 0 N–H and O–H groups in total. The highest BCUT2D eigenvalue weighted by atomic mass is 15.0. The summed E-state index contributed by atoms with van der Waals surface area (Å²) >= 11 is 0. The summed E-state index contributed by atoms with van der Waals surface area (Å²) in [5.74, 6) is 0. The van der Waals surface area contributed by atoms with Crippen LogP contribution in [0.15, 0.2) is 140 Å². The summed E-state index contributed by atoms with van der Waals surface area (Å²) in [7, 11) is 0. The van der Waals surface area contributed by atoms with E-state index in [0.717, 1.165) is 0 Å². The fourth-order valence-electron chi connectivity index (χ4n) is 6.15.